The number of aromatic nitrogens is 1. The molecule has 7 nitrogen and oxygen atoms in total. The lowest BCUT2D eigenvalue weighted by atomic mass is 10.4. The van der Waals surface area contributed by atoms with Crippen molar-refractivity contribution in [2.24, 2.45) is 0 Å². The van der Waals surface area contributed by atoms with Crippen molar-refractivity contribution in [2.75, 3.05) is 12.0 Å². The minimum Gasteiger partial charge on any atom is -0.366 e. The molecule has 0 fully saturated rings. The molecular weight excluding hydrogens is 280 g/mol. The number of sulfonamides is 1. The molecule has 0 saturated carbocycles. The van der Waals surface area contributed by atoms with Crippen molar-refractivity contribution in [2.45, 2.75) is 17.9 Å². The molecule has 1 aromatic heterocycles. The summed E-state index contributed by atoms with van der Waals surface area (Å²) in [5.74, 6) is -0.336. The molecule has 1 heterocycles. The fraction of sp³-hybridized carbons (Fsp3) is 0.444. The standard InChI is InChI=1S/C9H14N2O5S2/c1-7(6-17(2,13)14)11-18(15,16)9-5-10-4-3-8(9)12/h3-5,7,11H,6H2,1-2H3,(H,10,12). The highest BCUT2D eigenvalue weighted by Gasteiger charge is 2.22. The monoisotopic (exact) mass is 294 g/mol. The number of nitrogens with one attached hydrogen (secondary N) is 2. The van der Waals surface area contributed by atoms with Gasteiger partial charge < -0.3 is 4.98 Å². The molecule has 9 heteroatoms. The third kappa shape index (κ3) is 4.24. The van der Waals surface area contributed by atoms with Gasteiger partial charge in [0, 0.05) is 30.8 Å². The van der Waals surface area contributed by atoms with Crippen LogP contribution in [0, 0.1) is 0 Å². The van der Waals surface area contributed by atoms with E-state index in [1.807, 2.05) is 0 Å². The lowest BCUT2D eigenvalue weighted by Gasteiger charge is -2.12. The summed E-state index contributed by atoms with van der Waals surface area (Å²) in [7, 11) is -7.32. The van der Waals surface area contributed by atoms with E-state index in [1.165, 1.54) is 13.1 Å². The van der Waals surface area contributed by atoms with Gasteiger partial charge >= 0.3 is 0 Å². The summed E-state index contributed by atoms with van der Waals surface area (Å²) in [4.78, 5) is 13.4. The van der Waals surface area contributed by atoms with Gasteiger partial charge in [0.2, 0.25) is 15.5 Å². The van der Waals surface area contributed by atoms with Crippen LogP contribution in [0.15, 0.2) is 28.2 Å². The van der Waals surface area contributed by atoms with Crippen LogP contribution >= 0.6 is 0 Å². The number of rotatable bonds is 5. The smallest absolute Gasteiger partial charge is 0.246 e. The highest BCUT2D eigenvalue weighted by molar-refractivity contribution is 7.91. The van der Waals surface area contributed by atoms with Gasteiger partial charge in [-0.25, -0.2) is 21.6 Å². The zero-order chi connectivity index (χ0) is 14.0. The van der Waals surface area contributed by atoms with Crippen LogP contribution in [0.2, 0.25) is 0 Å². The summed E-state index contributed by atoms with van der Waals surface area (Å²) in [5.41, 5.74) is -0.659. The Hall–Kier alpha value is -1.19. The molecule has 0 aromatic carbocycles. The molecule has 0 aliphatic carbocycles. The minimum absolute atomic E-state index is 0.336. The van der Waals surface area contributed by atoms with Gasteiger partial charge in [0.25, 0.3) is 0 Å². The van der Waals surface area contributed by atoms with E-state index >= 15 is 0 Å². The molecule has 2 N–H and O–H groups in total. The van der Waals surface area contributed by atoms with Crippen LogP contribution in [0.1, 0.15) is 6.92 Å². The fourth-order valence-corrected chi connectivity index (χ4v) is 3.82. The van der Waals surface area contributed by atoms with E-state index in [0.29, 0.717) is 0 Å². The molecule has 1 unspecified atom stereocenters. The normalized spacial score (nSPS) is 14.3. The minimum atomic E-state index is -4.02. The Morgan fingerprint density at radius 1 is 1.33 bits per heavy atom. The van der Waals surface area contributed by atoms with E-state index in [0.717, 1.165) is 18.5 Å². The first-order valence-corrected chi connectivity index (χ1v) is 8.53. The van der Waals surface area contributed by atoms with Crippen LogP contribution in [-0.4, -0.2) is 39.9 Å². The van der Waals surface area contributed by atoms with Crippen molar-refractivity contribution in [3.05, 3.63) is 28.7 Å². The molecule has 1 atom stereocenters. The van der Waals surface area contributed by atoms with Crippen molar-refractivity contribution in [3.63, 3.8) is 0 Å². The largest absolute Gasteiger partial charge is 0.366 e. The van der Waals surface area contributed by atoms with Crippen molar-refractivity contribution in [1.29, 1.82) is 0 Å². The van der Waals surface area contributed by atoms with Crippen molar-refractivity contribution < 1.29 is 16.8 Å². The second-order valence-electron chi connectivity index (χ2n) is 3.99. The lowest BCUT2D eigenvalue weighted by Crippen LogP contribution is -2.39. The Labute approximate surface area is 105 Å². The summed E-state index contributed by atoms with van der Waals surface area (Å²) < 4.78 is 47.8. The Balaban J connectivity index is 2.97. The van der Waals surface area contributed by atoms with E-state index in [2.05, 4.69) is 9.71 Å². The molecule has 0 aliphatic heterocycles. The van der Waals surface area contributed by atoms with Crippen LogP contribution in [0.3, 0.4) is 0 Å². The van der Waals surface area contributed by atoms with Crippen LogP contribution in [-0.2, 0) is 19.9 Å². The number of hydrogen-bond acceptors (Lipinski definition) is 5. The van der Waals surface area contributed by atoms with Crippen LogP contribution < -0.4 is 10.2 Å². The highest BCUT2D eigenvalue weighted by atomic mass is 32.2. The van der Waals surface area contributed by atoms with Gasteiger partial charge in [0.15, 0.2) is 0 Å². The van der Waals surface area contributed by atoms with Gasteiger partial charge in [0.1, 0.15) is 14.7 Å². The maximum absolute atomic E-state index is 11.8. The summed E-state index contributed by atoms with van der Waals surface area (Å²) in [6.07, 6.45) is 3.37. The molecular formula is C9H14N2O5S2. The van der Waals surface area contributed by atoms with E-state index in [4.69, 9.17) is 0 Å². The zero-order valence-electron chi connectivity index (χ0n) is 9.87. The van der Waals surface area contributed by atoms with Gasteiger partial charge in [-0.2, -0.15) is 0 Å². The molecule has 0 amide bonds. The van der Waals surface area contributed by atoms with Gasteiger partial charge in [-0.1, -0.05) is 0 Å². The van der Waals surface area contributed by atoms with Gasteiger partial charge in [0.05, 0.1) is 5.75 Å². The topological polar surface area (TPSA) is 113 Å². The molecule has 102 valence electrons. The number of sulfone groups is 1. The summed E-state index contributed by atoms with van der Waals surface area (Å²) in [6, 6.07) is 0.264. The number of pyridine rings is 1. The summed E-state index contributed by atoms with van der Waals surface area (Å²) in [6.45, 7) is 1.41. The first-order chi connectivity index (χ1) is 8.12. The van der Waals surface area contributed by atoms with Crippen LogP contribution in [0.4, 0.5) is 0 Å². The molecule has 0 spiro atoms. The first kappa shape index (κ1) is 14.9. The van der Waals surface area contributed by atoms with E-state index < -0.39 is 36.2 Å². The van der Waals surface area contributed by atoms with E-state index in [9.17, 15) is 21.6 Å². The quantitative estimate of drug-likeness (QED) is 0.729. The van der Waals surface area contributed by atoms with E-state index in [1.54, 1.807) is 0 Å². The maximum atomic E-state index is 11.8. The maximum Gasteiger partial charge on any atom is 0.246 e. The number of aromatic amines is 1. The molecule has 1 aromatic rings. The average Bonchev–Trinajstić information content (AvgIpc) is 2.13. The number of H-pyrrole nitrogens is 1. The highest BCUT2D eigenvalue weighted by Crippen LogP contribution is 2.02. The molecule has 18 heavy (non-hydrogen) atoms. The fourth-order valence-electron chi connectivity index (χ4n) is 1.43. The predicted octanol–water partition coefficient (Wildman–Crippen LogP) is -0.914. The summed E-state index contributed by atoms with van der Waals surface area (Å²) >= 11 is 0. The van der Waals surface area contributed by atoms with Crippen LogP contribution in [0.5, 0.6) is 0 Å². The van der Waals surface area contributed by atoms with Crippen molar-refractivity contribution >= 4 is 19.9 Å². The van der Waals surface area contributed by atoms with E-state index in [-0.39, 0.29) is 5.75 Å². The number of hydrogen-bond donors (Lipinski definition) is 2. The first-order valence-electron chi connectivity index (χ1n) is 4.99. The zero-order valence-corrected chi connectivity index (χ0v) is 11.5. The molecule has 0 aliphatic rings. The van der Waals surface area contributed by atoms with Crippen molar-refractivity contribution in [3.8, 4) is 0 Å². The molecule has 0 saturated heterocycles. The third-order valence-corrected chi connectivity index (χ3v) is 4.70. The Kier molecular flexibility index (Phi) is 4.30. The second-order valence-corrected chi connectivity index (χ2v) is 7.85. The Morgan fingerprint density at radius 3 is 2.44 bits per heavy atom. The average molecular weight is 294 g/mol. The van der Waals surface area contributed by atoms with Crippen LogP contribution in [0.25, 0.3) is 0 Å². The predicted molar refractivity (Wildman–Crippen MR) is 66.6 cm³/mol. The SMILES string of the molecule is CC(CS(C)(=O)=O)NS(=O)(=O)c1c[nH]ccc1=O. The van der Waals surface area contributed by atoms with Gasteiger partial charge in [-0.15, -0.1) is 0 Å². The van der Waals surface area contributed by atoms with Gasteiger partial charge in [-0.05, 0) is 6.92 Å². The Bertz CT molecular complexity index is 675. The van der Waals surface area contributed by atoms with Gasteiger partial charge in [-0.3, -0.25) is 4.79 Å². The summed E-state index contributed by atoms with van der Waals surface area (Å²) in [5, 5.41) is 0. The van der Waals surface area contributed by atoms with Crippen molar-refractivity contribution in [1.82, 2.24) is 9.71 Å². The third-order valence-electron chi connectivity index (χ3n) is 1.99. The lowest BCUT2D eigenvalue weighted by molar-refractivity contribution is 0.563. The molecule has 0 bridgehead atoms. The molecule has 1 rings (SSSR count). The second kappa shape index (κ2) is 5.21. The Morgan fingerprint density at radius 2 is 1.94 bits per heavy atom. The molecule has 0 radical (unpaired) electrons.